The van der Waals surface area contributed by atoms with Crippen LogP contribution in [0.15, 0.2) is 59.5 Å². The molecule has 1 N–H and O–H groups in total. The second kappa shape index (κ2) is 9.74. The average molecular weight is 375 g/mol. The molecule has 4 nitrogen and oxygen atoms in total. The molecule has 0 saturated heterocycles. The Hall–Kier alpha value is -1.85. The van der Waals surface area contributed by atoms with E-state index in [0.29, 0.717) is 11.4 Å². The van der Waals surface area contributed by atoms with Crippen molar-refractivity contribution in [2.24, 2.45) is 0 Å². The van der Waals surface area contributed by atoms with Crippen LogP contribution in [0.3, 0.4) is 0 Å². The van der Waals surface area contributed by atoms with Crippen LogP contribution in [-0.4, -0.2) is 27.5 Å². The zero-order valence-corrected chi connectivity index (χ0v) is 16.8. The van der Waals surface area contributed by atoms with Crippen LogP contribution < -0.4 is 9.62 Å². The van der Waals surface area contributed by atoms with Crippen LogP contribution in [0.4, 0.5) is 5.69 Å². The van der Waals surface area contributed by atoms with E-state index in [-0.39, 0.29) is 6.04 Å². The first-order valence-corrected chi connectivity index (χ1v) is 10.8. The highest BCUT2D eigenvalue weighted by atomic mass is 32.2. The first kappa shape index (κ1) is 20.5. The van der Waals surface area contributed by atoms with E-state index in [9.17, 15) is 8.42 Å². The van der Waals surface area contributed by atoms with Gasteiger partial charge in [0, 0.05) is 24.8 Å². The Balaban J connectivity index is 2.16. The Morgan fingerprint density at radius 2 is 1.65 bits per heavy atom. The molecule has 2 rings (SSSR count). The first-order chi connectivity index (χ1) is 12.5. The van der Waals surface area contributed by atoms with Crippen LogP contribution in [-0.2, 0) is 10.0 Å². The summed E-state index contributed by atoms with van der Waals surface area (Å²) in [6.07, 6.45) is 2.86. The van der Waals surface area contributed by atoms with Gasteiger partial charge in [-0.1, -0.05) is 55.7 Å². The van der Waals surface area contributed by atoms with Gasteiger partial charge in [-0.15, -0.1) is 0 Å². The fourth-order valence-electron chi connectivity index (χ4n) is 2.96. The molecule has 0 aliphatic rings. The van der Waals surface area contributed by atoms with E-state index in [1.54, 1.807) is 12.1 Å². The second-order valence-corrected chi connectivity index (χ2v) is 8.36. The van der Waals surface area contributed by atoms with Crippen molar-refractivity contribution >= 4 is 15.7 Å². The first-order valence-electron chi connectivity index (χ1n) is 9.35. The zero-order valence-electron chi connectivity index (χ0n) is 16.0. The van der Waals surface area contributed by atoms with Crippen LogP contribution in [0.5, 0.6) is 0 Å². The molecule has 2 aromatic carbocycles. The minimum Gasteiger partial charge on any atom is -0.370 e. The third-order valence-corrected chi connectivity index (χ3v) is 6.04. The van der Waals surface area contributed by atoms with Gasteiger partial charge in [0.2, 0.25) is 10.0 Å². The van der Waals surface area contributed by atoms with Crippen LogP contribution >= 0.6 is 0 Å². The predicted octanol–water partition coefficient (Wildman–Crippen LogP) is 4.36. The second-order valence-electron chi connectivity index (χ2n) is 6.65. The molecule has 5 heteroatoms. The van der Waals surface area contributed by atoms with Gasteiger partial charge in [-0.3, -0.25) is 0 Å². The molecule has 0 spiro atoms. The Kier molecular flexibility index (Phi) is 7.66. The molecule has 0 radical (unpaired) electrons. The summed E-state index contributed by atoms with van der Waals surface area (Å²) in [7, 11) is -3.52. The van der Waals surface area contributed by atoms with Crippen LogP contribution in [0.25, 0.3) is 0 Å². The number of rotatable bonds is 10. The molecule has 0 aliphatic heterocycles. The van der Waals surface area contributed by atoms with E-state index in [0.717, 1.165) is 37.1 Å². The van der Waals surface area contributed by atoms with Crippen molar-refractivity contribution in [2.75, 3.05) is 18.0 Å². The lowest BCUT2D eigenvalue weighted by molar-refractivity contribution is 0.505. The molecule has 0 amide bonds. The van der Waals surface area contributed by atoms with Crippen molar-refractivity contribution in [1.82, 2.24) is 4.72 Å². The van der Waals surface area contributed by atoms with E-state index in [2.05, 4.69) is 35.6 Å². The van der Waals surface area contributed by atoms with Gasteiger partial charge in [-0.25, -0.2) is 13.1 Å². The van der Waals surface area contributed by atoms with Crippen LogP contribution in [0, 0.1) is 6.92 Å². The molecule has 1 unspecified atom stereocenters. The van der Waals surface area contributed by atoms with E-state index in [4.69, 9.17) is 0 Å². The van der Waals surface area contributed by atoms with Gasteiger partial charge >= 0.3 is 0 Å². The maximum absolute atomic E-state index is 12.8. The molecule has 142 valence electrons. The summed E-state index contributed by atoms with van der Waals surface area (Å²) >= 11 is 0. The SMILES string of the molecule is CCCCC(CN(CC)c1ccccc1)NS(=O)(=O)c1ccc(C)cc1. The number of hydrogen-bond acceptors (Lipinski definition) is 3. The van der Waals surface area contributed by atoms with Crippen molar-refractivity contribution < 1.29 is 8.42 Å². The number of nitrogens with one attached hydrogen (secondary N) is 1. The summed E-state index contributed by atoms with van der Waals surface area (Å²) in [5, 5.41) is 0. The highest BCUT2D eigenvalue weighted by Crippen LogP contribution is 2.17. The standard InChI is InChI=1S/C21H30N2O2S/c1-4-6-10-19(17-23(5-2)20-11-8-7-9-12-20)22-26(24,25)21-15-13-18(3)14-16-21/h7-9,11-16,19,22H,4-6,10,17H2,1-3H3. The van der Waals surface area contributed by atoms with Gasteiger partial charge in [0.05, 0.1) is 4.90 Å². The van der Waals surface area contributed by atoms with Gasteiger partial charge in [0.1, 0.15) is 0 Å². The largest absolute Gasteiger partial charge is 0.370 e. The Labute approximate surface area is 158 Å². The van der Waals surface area contributed by atoms with Gasteiger partial charge < -0.3 is 4.90 Å². The van der Waals surface area contributed by atoms with Crippen molar-refractivity contribution in [2.45, 2.75) is 51.0 Å². The van der Waals surface area contributed by atoms with Crippen molar-refractivity contribution in [3.8, 4) is 0 Å². The Morgan fingerprint density at radius 1 is 1.00 bits per heavy atom. The van der Waals surface area contributed by atoms with Gasteiger partial charge in [-0.05, 0) is 44.5 Å². The summed E-state index contributed by atoms with van der Waals surface area (Å²) in [5.41, 5.74) is 2.17. The Bertz CT molecular complexity index is 758. The highest BCUT2D eigenvalue weighted by molar-refractivity contribution is 7.89. The number of hydrogen-bond donors (Lipinski definition) is 1. The monoisotopic (exact) mass is 374 g/mol. The van der Waals surface area contributed by atoms with E-state index in [1.165, 1.54) is 0 Å². The Morgan fingerprint density at radius 3 is 2.23 bits per heavy atom. The lowest BCUT2D eigenvalue weighted by Gasteiger charge is -2.29. The molecule has 0 saturated carbocycles. The van der Waals surface area contributed by atoms with Gasteiger partial charge in [0.15, 0.2) is 0 Å². The van der Waals surface area contributed by atoms with Gasteiger partial charge in [0.25, 0.3) is 0 Å². The quantitative estimate of drug-likeness (QED) is 0.672. The third-order valence-electron chi connectivity index (χ3n) is 4.50. The lowest BCUT2D eigenvalue weighted by Crippen LogP contribution is -2.44. The number of aryl methyl sites for hydroxylation is 1. The summed E-state index contributed by atoms with van der Waals surface area (Å²) in [4.78, 5) is 2.55. The predicted molar refractivity (Wildman–Crippen MR) is 109 cm³/mol. The molecule has 26 heavy (non-hydrogen) atoms. The molecule has 0 bridgehead atoms. The van der Waals surface area contributed by atoms with Crippen LogP contribution in [0.1, 0.15) is 38.7 Å². The number of anilines is 1. The molecule has 0 heterocycles. The smallest absolute Gasteiger partial charge is 0.240 e. The zero-order chi connectivity index (χ0) is 19.0. The van der Waals surface area contributed by atoms with E-state index < -0.39 is 10.0 Å². The van der Waals surface area contributed by atoms with Crippen molar-refractivity contribution in [1.29, 1.82) is 0 Å². The summed E-state index contributed by atoms with van der Waals surface area (Å²) in [6, 6.07) is 17.0. The van der Waals surface area contributed by atoms with Gasteiger partial charge in [-0.2, -0.15) is 0 Å². The fraction of sp³-hybridized carbons (Fsp3) is 0.429. The van der Waals surface area contributed by atoms with E-state index >= 15 is 0 Å². The normalized spacial score (nSPS) is 12.7. The number of para-hydroxylation sites is 1. The molecular weight excluding hydrogens is 344 g/mol. The minimum atomic E-state index is -3.52. The molecule has 0 aromatic heterocycles. The molecule has 1 atom stereocenters. The molecule has 0 aliphatic carbocycles. The maximum atomic E-state index is 12.8. The number of unbranched alkanes of at least 4 members (excludes halogenated alkanes) is 1. The van der Waals surface area contributed by atoms with Crippen molar-refractivity contribution in [3.05, 3.63) is 60.2 Å². The minimum absolute atomic E-state index is 0.124. The number of likely N-dealkylation sites (N-methyl/N-ethyl adjacent to an activating group) is 1. The number of sulfonamides is 1. The number of nitrogens with zero attached hydrogens (tertiary/aromatic N) is 1. The topological polar surface area (TPSA) is 49.4 Å². The lowest BCUT2D eigenvalue weighted by atomic mass is 10.1. The maximum Gasteiger partial charge on any atom is 0.240 e. The summed E-state index contributed by atoms with van der Waals surface area (Å²) < 4.78 is 28.5. The highest BCUT2D eigenvalue weighted by Gasteiger charge is 2.21. The third kappa shape index (κ3) is 5.85. The summed E-state index contributed by atoms with van der Waals surface area (Å²) in [6.45, 7) is 7.66. The molecule has 2 aromatic rings. The number of benzene rings is 2. The van der Waals surface area contributed by atoms with E-state index in [1.807, 2.05) is 37.3 Å². The molecule has 0 fully saturated rings. The summed E-state index contributed by atoms with van der Waals surface area (Å²) in [5.74, 6) is 0. The fourth-order valence-corrected chi connectivity index (χ4v) is 4.23. The van der Waals surface area contributed by atoms with Crippen molar-refractivity contribution in [3.63, 3.8) is 0 Å². The average Bonchev–Trinajstić information content (AvgIpc) is 2.64. The molecular formula is C21H30N2O2S. The van der Waals surface area contributed by atoms with Crippen LogP contribution in [0.2, 0.25) is 0 Å².